The zero-order chi connectivity index (χ0) is 15.5. The molecule has 5 heteroatoms. The summed E-state index contributed by atoms with van der Waals surface area (Å²) in [7, 11) is 0. The fourth-order valence-corrected chi connectivity index (χ4v) is 2.11. The molecule has 20 heavy (non-hydrogen) atoms. The molecule has 0 aliphatic heterocycles. The smallest absolute Gasteiger partial charge is 0.323 e. The maximum atomic E-state index is 12.1. The predicted octanol–water partition coefficient (Wildman–Crippen LogP) is 2.96. The molecular formula is C15H30N2O3. The average molecular weight is 286 g/mol. The summed E-state index contributed by atoms with van der Waals surface area (Å²) in [5, 5.41) is 11.7. The van der Waals surface area contributed by atoms with Crippen molar-refractivity contribution in [3.05, 3.63) is 0 Å². The van der Waals surface area contributed by atoms with Crippen LogP contribution in [0.5, 0.6) is 0 Å². The van der Waals surface area contributed by atoms with Gasteiger partial charge in [0.05, 0.1) is 0 Å². The van der Waals surface area contributed by atoms with E-state index in [4.69, 9.17) is 5.11 Å². The lowest BCUT2D eigenvalue weighted by Gasteiger charge is -2.24. The Morgan fingerprint density at radius 2 is 1.90 bits per heavy atom. The molecule has 0 aromatic rings. The first kappa shape index (κ1) is 18.7. The highest BCUT2D eigenvalue weighted by Gasteiger charge is 2.18. The van der Waals surface area contributed by atoms with E-state index in [1.807, 2.05) is 13.8 Å². The van der Waals surface area contributed by atoms with Crippen molar-refractivity contribution < 1.29 is 14.7 Å². The standard InChI is InChI=1S/C15H30N2O3/c1-5-7-8-13(6-2)9-16-15(20)17(10-12(3)4)11-14(18)19/h12-13H,5-11H2,1-4H3,(H,16,20)(H,18,19). The van der Waals surface area contributed by atoms with Gasteiger partial charge in [-0.2, -0.15) is 0 Å². The average Bonchev–Trinajstić information content (AvgIpc) is 2.36. The zero-order valence-electron chi connectivity index (χ0n) is 13.3. The number of nitrogens with zero attached hydrogens (tertiary/aromatic N) is 1. The minimum absolute atomic E-state index is 0.240. The third-order valence-corrected chi connectivity index (χ3v) is 3.28. The molecule has 0 aliphatic carbocycles. The van der Waals surface area contributed by atoms with Gasteiger partial charge in [-0.15, -0.1) is 0 Å². The van der Waals surface area contributed by atoms with Gasteiger partial charge in [0.15, 0.2) is 0 Å². The van der Waals surface area contributed by atoms with Crippen LogP contribution >= 0.6 is 0 Å². The number of urea groups is 1. The Balaban J connectivity index is 4.32. The highest BCUT2D eigenvalue weighted by Crippen LogP contribution is 2.11. The van der Waals surface area contributed by atoms with Crippen LogP contribution in [0.3, 0.4) is 0 Å². The summed E-state index contributed by atoms with van der Waals surface area (Å²) in [6.45, 7) is 9.07. The molecule has 1 unspecified atom stereocenters. The number of rotatable bonds is 10. The molecule has 0 bridgehead atoms. The van der Waals surface area contributed by atoms with Gasteiger partial charge < -0.3 is 15.3 Å². The van der Waals surface area contributed by atoms with Gasteiger partial charge in [-0.25, -0.2) is 4.79 Å². The van der Waals surface area contributed by atoms with Gasteiger partial charge in [-0.05, 0) is 18.3 Å². The third-order valence-electron chi connectivity index (χ3n) is 3.28. The fraction of sp³-hybridized carbons (Fsp3) is 0.867. The first-order chi connectivity index (χ1) is 9.40. The van der Waals surface area contributed by atoms with E-state index < -0.39 is 5.97 Å². The van der Waals surface area contributed by atoms with Crippen LogP contribution in [0.4, 0.5) is 4.79 Å². The van der Waals surface area contributed by atoms with Crippen molar-refractivity contribution in [3.63, 3.8) is 0 Å². The molecule has 118 valence electrons. The van der Waals surface area contributed by atoms with E-state index >= 15 is 0 Å². The second-order valence-electron chi connectivity index (χ2n) is 5.77. The SMILES string of the molecule is CCCCC(CC)CNC(=O)N(CC(=O)O)CC(C)C. The number of carboxylic acids is 1. The lowest BCUT2D eigenvalue weighted by Crippen LogP contribution is -2.45. The van der Waals surface area contributed by atoms with Crippen LogP contribution in [0.1, 0.15) is 53.4 Å². The number of nitrogens with one attached hydrogen (secondary N) is 1. The molecule has 0 radical (unpaired) electrons. The largest absolute Gasteiger partial charge is 0.480 e. The Kier molecular flexibility index (Phi) is 9.86. The quantitative estimate of drug-likeness (QED) is 0.648. The molecule has 0 heterocycles. The van der Waals surface area contributed by atoms with Crippen molar-refractivity contribution >= 4 is 12.0 Å². The normalized spacial score (nSPS) is 12.2. The second kappa shape index (κ2) is 10.5. The number of carbonyl (C=O) groups is 2. The van der Waals surface area contributed by atoms with E-state index in [-0.39, 0.29) is 18.5 Å². The van der Waals surface area contributed by atoms with Gasteiger partial charge in [-0.1, -0.05) is 47.0 Å². The summed E-state index contributed by atoms with van der Waals surface area (Å²) >= 11 is 0. The molecule has 5 nitrogen and oxygen atoms in total. The number of unbranched alkanes of at least 4 members (excludes halogenated alkanes) is 1. The highest BCUT2D eigenvalue weighted by molar-refractivity contribution is 5.80. The maximum Gasteiger partial charge on any atom is 0.323 e. The zero-order valence-corrected chi connectivity index (χ0v) is 13.3. The number of carbonyl (C=O) groups excluding carboxylic acids is 1. The van der Waals surface area contributed by atoms with E-state index in [9.17, 15) is 9.59 Å². The van der Waals surface area contributed by atoms with E-state index in [2.05, 4.69) is 19.2 Å². The molecule has 0 rings (SSSR count). The van der Waals surface area contributed by atoms with Crippen LogP contribution in [0.25, 0.3) is 0 Å². The van der Waals surface area contributed by atoms with Gasteiger partial charge in [-0.3, -0.25) is 4.79 Å². The predicted molar refractivity (Wildman–Crippen MR) is 80.8 cm³/mol. The first-order valence-electron chi connectivity index (χ1n) is 7.65. The maximum absolute atomic E-state index is 12.1. The molecule has 2 amide bonds. The van der Waals surface area contributed by atoms with Crippen molar-refractivity contribution in [2.24, 2.45) is 11.8 Å². The Morgan fingerprint density at radius 1 is 1.25 bits per heavy atom. The minimum Gasteiger partial charge on any atom is -0.480 e. The lowest BCUT2D eigenvalue weighted by atomic mass is 9.99. The van der Waals surface area contributed by atoms with Gasteiger partial charge in [0.25, 0.3) is 0 Å². The number of hydrogen-bond donors (Lipinski definition) is 2. The molecule has 0 aromatic heterocycles. The van der Waals surface area contributed by atoms with Gasteiger partial charge >= 0.3 is 12.0 Å². The van der Waals surface area contributed by atoms with Crippen molar-refractivity contribution in [2.45, 2.75) is 53.4 Å². The van der Waals surface area contributed by atoms with Crippen LogP contribution in [-0.2, 0) is 4.79 Å². The summed E-state index contributed by atoms with van der Waals surface area (Å²) in [6.07, 6.45) is 4.46. The number of hydrogen-bond acceptors (Lipinski definition) is 2. The van der Waals surface area contributed by atoms with Crippen molar-refractivity contribution in [2.75, 3.05) is 19.6 Å². The Labute approximate surface area is 122 Å². The lowest BCUT2D eigenvalue weighted by molar-refractivity contribution is -0.137. The van der Waals surface area contributed by atoms with Gasteiger partial charge in [0, 0.05) is 13.1 Å². The molecular weight excluding hydrogens is 256 g/mol. The summed E-state index contributed by atoms with van der Waals surface area (Å²) in [5.74, 6) is -0.245. The van der Waals surface area contributed by atoms with Crippen LogP contribution in [0.2, 0.25) is 0 Å². The molecule has 1 atom stereocenters. The van der Waals surface area contributed by atoms with Crippen molar-refractivity contribution in [1.82, 2.24) is 10.2 Å². The van der Waals surface area contributed by atoms with Crippen LogP contribution in [-0.4, -0.2) is 41.6 Å². The van der Waals surface area contributed by atoms with Crippen molar-refractivity contribution in [1.29, 1.82) is 0 Å². The van der Waals surface area contributed by atoms with E-state index in [0.717, 1.165) is 19.3 Å². The molecule has 0 spiro atoms. The van der Waals surface area contributed by atoms with E-state index in [0.29, 0.717) is 19.0 Å². The Morgan fingerprint density at radius 3 is 2.35 bits per heavy atom. The summed E-state index contributed by atoms with van der Waals surface area (Å²) in [4.78, 5) is 24.2. The number of amides is 2. The molecule has 0 saturated carbocycles. The number of carboxylic acid groups (broad SMARTS) is 1. The minimum atomic E-state index is -0.973. The molecule has 0 saturated heterocycles. The van der Waals surface area contributed by atoms with Crippen LogP contribution in [0.15, 0.2) is 0 Å². The Bertz CT molecular complexity index is 293. The fourth-order valence-electron chi connectivity index (χ4n) is 2.11. The molecule has 0 aromatic carbocycles. The third kappa shape index (κ3) is 8.77. The van der Waals surface area contributed by atoms with E-state index in [1.54, 1.807) is 0 Å². The van der Waals surface area contributed by atoms with Crippen LogP contribution in [0, 0.1) is 11.8 Å². The topological polar surface area (TPSA) is 69.6 Å². The van der Waals surface area contributed by atoms with Gasteiger partial charge in [0.2, 0.25) is 0 Å². The summed E-state index contributed by atoms with van der Waals surface area (Å²) in [6, 6.07) is -0.268. The molecule has 0 aliphatic rings. The summed E-state index contributed by atoms with van der Waals surface area (Å²) in [5.41, 5.74) is 0. The van der Waals surface area contributed by atoms with Gasteiger partial charge in [0.1, 0.15) is 6.54 Å². The second-order valence-corrected chi connectivity index (χ2v) is 5.77. The molecule has 0 fully saturated rings. The van der Waals surface area contributed by atoms with Crippen LogP contribution < -0.4 is 5.32 Å². The monoisotopic (exact) mass is 286 g/mol. The first-order valence-corrected chi connectivity index (χ1v) is 7.65. The van der Waals surface area contributed by atoms with E-state index in [1.165, 1.54) is 11.3 Å². The Hall–Kier alpha value is -1.26. The number of aliphatic carboxylic acids is 1. The summed E-state index contributed by atoms with van der Waals surface area (Å²) < 4.78 is 0. The van der Waals surface area contributed by atoms with Crippen molar-refractivity contribution in [3.8, 4) is 0 Å². The molecule has 2 N–H and O–H groups in total. The highest BCUT2D eigenvalue weighted by atomic mass is 16.4.